The molecule has 0 aromatic heterocycles. The van der Waals surface area contributed by atoms with Gasteiger partial charge in [-0.1, -0.05) is 30.2 Å². The van der Waals surface area contributed by atoms with Crippen LogP contribution >= 0.6 is 24.2 Å². The molecular weight excluding hydrogens is 228 g/mol. The van der Waals surface area contributed by atoms with Crippen LogP contribution in [0.4, 0.5) is 0 Å². The molecule has 15 heavy (non-hydrogen) atoms. The van der Waals surface area contributed by atoms with Crippen molar-refractivity contribution in [2.45, 2.75) is 19.3 Å². The van der Waals surface area contributed by atoms with Crippen molar-refractivity contribution in [2.75, 3.05) is 12.4 Å². The number of thiol groups is 1. The molecule has 0 radical (unpaired) electrons. The summed E-state index contributed by atoms with van der Waals surface area (Å²) in [5, 5.41) is 0.686. The van der Waals surface area contributed by atoms with Crippen LogP contribution in [-0.2, 0) is 0 Å². The Morgan fingerprint density at radius 3 is 2.60 bits per heavy atom. The Bertz CT molecular complexity index is 331. The molecule has 0 saturated heterocycles. The van der Waals surface area contributed by atoms with Crippen molar-refractivity contribution in [1.82, 2.24) is 0 Å². The van der Waals surface area contributed by atoms with Gasteiger partial charge >= 0.3 is 0 Å². The van der Waals surface area contributed by atoms with E-state index in [0.717, 1.165) is 18.1 Å². The molecule has 1 aliphatic carbocycles. The number of para-hydroxylation sites is 1. The second-order valence-electron chi connectivity index (χ2n) is 4.23. The van der Waals surface area contributed by atoms with Gasteiger partial charge in [-0.05, 0) is 30.7 Å². The number of halogens is 1. The molecule has 1 saturated carbocycles. The van der Waals surface area contributed by atoms with Gasteiger partial charge in [-0.3, -0.25) is 0 Å². The van der Waals surface area contributed by atoms with Crippen LogP contribution in [0.1, 0.15) is 19.3 Å². The maximum atomic E-state index is 6.01. The van der Waals surface area contributed by atoms with E-state index < -0.39 is 0 Å². The largest absolute Gasteiger partial charge is 0.491 e. The van der Waals surface area contributed by atoms with Gasteiger partial charge < -0.3 is 4.74 Å². The first-order chi connectivity index (χ1) is 7.26. The molecule has 0 heterocycles. The predicted molar refractivity (Wildman–Crippen MR) is 67.1 cm³/mol. The molecule has 0 atom stereocenters. The van der Waals surface area contributed by atoms with Crippen molar-refractivity contribution in [3.8, 4) is 5.75 Å². The fraction of sp³-hybridized carbons (Fsp3) is 0.500. The van der Waals surface area contributed by atoms with Gasteiger partial charge in [0.1, 0.15) is 5.75 Å². The minimum Gasteiger partial charge on any atom is -0.491 e. The van der Waals surface area contributed by atoms with Gasteiger partial charge in [0.25, 0.3) is 0 Å². The summed E-state index contributed by atoms with van der Waals surface area (Å²) in [6.07, 6.45) is 3.74. The molecule has 0 amide bonds. The van der Waals surface area contributed by atoms with E-state index in [0.29, 0.717) is 10.4 Å². The van der Waals surface area contributed by atoms with Crippen LogP contribution in [0, 0.1) is 5.41 Å². The fourth-order valence-corrected chi connectivity index (χ4v) is 2.42. The van der Waals surface area contributed by atoms with Crippen LogP contribution in [0.5, 0.6) is 5.75 Å². The second-order valence-corrected chi connectivity index (χ2v) is 4.95. The third-order valence-electron chi connectivity index (χ3n) is 3.12. The lowest BCUT2D eigenvalue weighted by Crippen LogP contribution is -2.37. The van der Waals surface area contributed by atoms with E-state index in [9.17, 15) is 0 Å². The number of hydrogen-bond donors (Lipinski definition) is 1. The smallest absolute Gasteiger partial charge is 0.137 e. The molecule has 82 valence electrons. The van der Waals surface area contributed by atoms with E-state index >= 15 is 0 Å². The minimum atomic E-state index is 0.294. The number of ether oxygens (including phenoxy) is 1. The molecular formula is C12H15ClOS. The van der Waals surface area contributed by atoms with Gasteiger partial charge in [0.2, 0.25) is 0 Å². The van der Waals surface area contributed by atoms with Crippen LogP contribution in [0.25, 0.3) is 0 Å². The Morgan fingerprint density at radius 2 is 2.07 bits per heavy atom. The maximum Gasteiger partial charge on any atom is 0.137 e. The van der Waals surface area contributed by atoms with E-state index in [1.54, 1.807) is 0 Å². The SMILES string of the molecule is SCC1(COc2ccccc2Cl)CCC1. The molecule has 0 unspecified atom stereocenters. The molecule has 1 aromatic carbocycles. The molecule has 1 fully saturated rings. The van der Waals surface area contributed by atoms with Gasteiger partial charge in [0.05, 0.1) is 11.6 Å². The first-order valence-electron chi connectivity index (χ1n) is 5.24. The van der Waals surface area contributed by atoms with E-state index in [-0.39, 0.29) is 0 Å². The van der Waals surface area contributed by atoms with Crippen LogP contribution < -0.4 is 4.74 Å². The van der Waals surface area contributed by atoms with Crippen LogP contribution in [0.3, 0.4) is 0 Å². The van der Waals surface area contributed by atoms with E-state index in [4.69, 9.17) is 16.3 Å². The van der Waals surface area contributed by atoms with Crippen LogP contribution in [0.2, 0.25) is 5.02 Å². The van der Waals surface area contributed by atoms with Crippen molar-refractivity contribution < 1.29 is 4.74 Å². The summed E-state index contributed by atoms with van der Waals surface area (Å²) in [7, 11) is 0. The van der Waals surface area contributed by atoms with Crippen molar-refractivity contribution >= 4 is 24.2 Å². The van der Waals surface area contributed by atoms with Crippen molar-refractivity contribution in [1.29, 1.82) is 0 Å². The van der Waals surface area contributed by atoms with Crippen LogP contribution in [-0.4, -0.2) is 12.4 Å². The Hall–Kier alpha value is -0.340. The molecule has 3 heteroatoms. The normalized spacial score (nSPS) is 18.3. The summed E-state index contributed by atoms with van der Waals surface area (Å²) in [4.78, 5) is 0. The Morgan fingerprint density at radius 1 is 1.33 bits per heavy atom. The van der Waals surface area contributed by atoms with Crippen molar-refractivity contribution in [3.05, 3.63) is 29.3 Å². The van der Waals surface area contributed by atoms with Crippen LogP contribution in [0.15, 0.2) is 24.3 Å². The highest BCUT2D eigenvalue weighted by atomic mass is 35.5. The van der Waals surface area contributed by atoms with Gasteiger partial charge in [-0.15, -0.1) is 0 Å². The Labute approximate surface area is 101 Å². The first-order valence-corrected chi connectivity index (χ1v) is 6.25. The topological polar surface area (TPSA) is 9.23 Å². The monoisotopic (exact) mass is 242 g/mol. The third-order valence-corrected chi connectivity index (χ3v) is 4.10. The summed E-state index contributed by atoms with van der Waals surface area (Å²) in [5.41, 5.74) is 0.294. The van der Waals surface area contributed by atoms with E-state index in [1.807, 2.05) is 24.3 Å². The molecule has 1 aromatic rings. The summed E-state index contributed by atoms with van der Waals surface area (Å²) < 4.78 is 5.75. The quantitative estimate of drug-likeness (QED) is 0.790. The lowest BCUT2D eigenvalue weighted by molar-refractivity contribution is 0.0830. The van der Waals surface area contributed by atoms with Gasteiger partial charge in [0, 0.05) is 5.41 Å². The highest BCUT2D eigenvalue weighted by Crippen LogP contribution is 2.42. The molecule has 0 N–H and O–H groups in total. The Balaban J connectivity index is 1.95. The molecule has 0 bridgehead atoms. The highest BCUT2D eigenvalue weighted by molar-refractivity contribution is 7.80. The number of rotatable bonds is 4. The zero-order valence-electron chi connectivity index (χ0n) is 8.58. The molecule has 1 aliphatic rings. The summed E-state index contributed by atoms with van der Waals surface area (Å²) in [6.45, 7) is 0.736. The van der Waals surface area contributed by atoms with Gasteiger partial charge in [-0.25, -0.2) is 0 Å². The molecule has 1 nitrogen and oxygen atoms in total. The average molecular weight is 243 g/mol. The molecule has 0 aliphatic heterocycles. The minimum absolute atomic E-state index is 0.294. The zero-order chi connectivity index (χ0) is 10.7. The van der Waals surface area contributed by atoms with Crippen molar-refractivity contribution in [3.63, 3.8) is 0 Å². The Kier molecular flexibility index (Phi) is 3.47. The van der Waals surface area contributed by atoms with E-state index in [1.165, 1.54) is 19.3 Å². The molecule has 0 spiro atoms. The zero-order valence-corrected chi connectivity index (χ0v) is 10.2. The van der Waals surface area contributed by atoms with Gasteiger partial charge in [-0.2, -0.15) is 12.6 Å². The predicted octanol–water partition coefficient (Wildman–Crippen LogP) is 3.82. The fourth-order valence-electron chi connectivity index (χ4n) is 1.82. The summed E-state index contributed by atoms with van der Waals surface area (Å²) in [5.74, 6) is 1.68. The lowest BCUT2D eigenvalue weighted by Gasteiger charge is -2.40. The summed E-state index contributed by atoms with van der Waals surface area (Å²) >= 11 is 10.4. The lowest BCUT2D eigenvalue weighted by atomic mass is 9.71. The third kappa shape index (κ3) is 2.43. The molecule has 2 rings (SSSR count). The van der Waals surface area contributed by atoms with E-state index in [2.05, 4.69) is 12.6 Å². The average Bonchev–Trinajstić information content (AvgIpc) is 2.19. The van der Waals surface area contributed by atoms with Gasteiger partial charge in [0.15, 0.2) is 0 Å². The first kappa shape index (κ1) is 11.2. The standard InChI is InChI=1S/C12H15ClOS/c13-10-4-1-2-5-11(10)14-8-12(9-15)6-3-7-12/h1-2,4-5,15H,3,6-9H2. The number of benzene rings is 1. The summed E-state index contributed by atoms with van der Waals surface area (Å²) in [6, 6.07) is 7.61. The highest BCUT2D eigenvalue weighted by Gasteiger charge is 2.36. The number of hydrogen-bond acceptors (Lipinski definition) is 2. The van der Waals surface area contributed by atoms with Crippen molar-refractivity contribution in [2.24, 2.45) is 5.41 Å². The maximum absolute atomic E-state index is 6.01. The second kappa shape index (κ2) is 4.67.